The van der Waals surface area contributed by atoms with Gasteiger partial charge in [0.1, 0.15) is 0 Å². The van der Waals surface area contributed by atoms with E-state index >= 15 is 0 Å². The molecular weight excluding hydrogens is 240 g/mol. The van der Waals surface area contributed by atoms with Crippen molar-refractivity contribution in [2.24, 2.45) is 0 Å². The molecule has 0 N–H and O–H groups in total. The van der Waals surface area contributed by atoms with Gasteiger partial charge in [-0.05, 0) is 39.5 Å². The van der Waals surface area contributed by atoms with E-state index in [1.54, 1.807) is 22.7 Å². The van der Waals surface area contributed by atoms with Crippen LogP contribution in [-0.2, 0) is 0 Å². The van der Waals surface area contributed by atoms with Crippen molar-refractivity contribution < 1.29 is 0 Å². The lowest BCUT2D eigenvalue weighted by molar-refractivity contribution is 1.86. The number of hydrogen-bond acceptors (Lipinski definition) is 2. The molecule has 0 aliphatic carbocycles. The molecule has 3 heteroatoms. The van der Waals surface area contributed by atoms with Crippen LogP contribution in [0.4, 0.5) is 0 Å². The van der Waals surface area contributed by atoms with Gasteiger partial charge in [-0.1, -0.05) is 0 Å². The molecule has 1 radical (unpaired) electrons. The van der Waals surface area contributed by atoms with Gasteiger partial charge in [-0.2, -0.15) is 0 Å². The summed E-state index contributed by atoms with van der Waals surface area (Å²) in [6.45, 7) is 0. The van der Waals surface area contributed by atoms with Gasteiger partial charge >= 0.3 is 0 Å². The smallest absolute Gasteiger partial charge is 0.0454 e. The number of halogens is 1. The zero-order valence-electron chi connectivity index (χ0n) is 5.50. The molecule has 0 aromatic carbocycles. The molecule has 2 aromatic rings. The summed E-state index contributed by atoms with van der Waals surface area (Å²) in [5.74, 6) is 0. The quantitative estimate of drug-likeness (QED) is 0.710. The molecule has 55 valence electrons. The summed E-state index contributed by atoms with van der Waals surface area (Å²) in [6.07, 6.45) is 0. The van der Waals surface area contributed by atoms with Crippen molar-refractivity contribution in [3.05, 3.63) is 33.4 Å². The van der Waals surface area contributed by atoms with Gasteiger partial charge in [-0.25, -0.2) is 0 Å². The molecule has 0 bridgehead atoms. The van der Waals surface area contributed by atoms with Crippen molar-refractivity contribution in [1.29, 1.82) is 0 Å². The topological polar surface area (TPSA) is 0 Å². The highest BCUT2D eigenvalue weighted by atomic mass is 79.9. The van der Waals surface area contributed by atoms with Crippen molar-refractivity contribution in [2.45, 2.75) is 0 Å². The molecule has 2 rings (SSSR count). The van der Waals surface area contributed by atoms with Crippen LogP contribution in [0.1, 0.15) is 0 Å². The Labute approximate surface area is 81.6 Å². The predicted octanol–water partition coefficient (Wildman–Crippen LogP) is 4.04. The molecule has 2 heterocycles. The van der Waals surface area contributed by atoms with Gasteiger partial charge in [0.2, 0.25) is 0 Å². The molecule has 0 aliphatic heterocycles. The second kappa shape index (κ2) is 3.09. The third-order valence-electron chi connectivity index (χ3n) is 1.28. The fourth-order valence-electron chi connectivity index (χ4n) is 0.813. The lowest BCUT2D eigenvalue weighted by Crippen LogP contribution is -1.56. The number of thiophene rings is 2. The summed E-state index contributed by atoms with van der Waals surface area (Å²) in [5.41, 5.74) is 0. The highest BCUT2D eigenvalue weighted by Crippen LogP contribution is 2.32. The maximum Gasteiger partial charge on any atom is 0.0454 e. The fourth-order valence-corrected chi connectivity index (χ4v) is 3.01. The van der Waals surface area contributed by atoms with E-state index in [-0.39, 0.29) is 0 Å². The Kier molecular flexibility index (Phi) is 2.11. The Balaban J connectivity index is 2.45. The molecule has 0 fully saturated rings. The van der Waals surface area contributed by atoms with Gasteiger partial charge in [0, 0.05) is 19.6 Å². The van der Waals surface area contributed by atoms with E-state index in [0.717, 1.165) is 4.47 Å². The van der Waals surface area contributed by atoms with Crippen molar-refractivity contribution in [2.75, 3.05) is 0 Å². The SMILES string of the molecule is Brc1csc(-c2c[c]cs2)c1. The maximum absolute atomic E-state index is 3.42. The Bertz CT molecular complexity index is 335. The van der Waals surface area contributed by atoms with Crippen molar-refractivity contribution in [3.63, 3.8) is 0 Å². The van der Waals surface area contributed by atoms with Gasteiger partial charge in [-0.15, -0.1) is 22.7 Å². The first-order valence-corrected chi connectivity index (χ1v) is 5.60. The molecule has 0 nitrogen and oxygen atoms in total. The lowest BCUT2D eigenvalue weighted by atomic mass is 10.4. The largest absolute Gasteiger partial charge is 0.142 e. The first kappa shape index (κ1) is 7.53. The molecule has 0 unspecified atom stereocenters. The molecule has 0 atom stereocenters. The van der Waals surface area contributed by atoms with E-state index in [1.165, 1.54) is 9.75 Å². The summed E-state index contributed by atoms with van der Waals surface area (Å²) in [7, 11) is 0. The summed E-state index contributed by atoms with van der Waals surface area (Å²) >= 11 is 6.90. The molecular formula is C8H4BrS2. The van der Waals surface area contributed by atoms with E-state index in [0.29, 0.717) is 0 Å². The Morgan fingerprint density at radius 3 is 2.73 bits per heavy atom. The maximum atomic E-state index is 3.42. The van der Waals surface area contributed by atoms with Crippen molar-refractivity contribution >= 4 is 38.6 Å². The monoisotopic (exact) mass is 243 g/mol. The van der Waals surface area contributed by atoms with Crippen molar-refractivity contribution in [1.82, 2.24) is 0 Å². The van der Waals surface area contributed by atoms with E-state index < -0.39 is 0 Å². The van der Waals surface area contributed by atoms with Gasteiger partial charge in [0.05, 0.1) is 0 Å². The summed E-state index contributed by atoms with van der Waals surface area (Å²) in [6, 6.07) is 7.19. The van der Waals surface area contributed by atoms with Crippen LogP contribution in [0.3, 0.4) is 0 Å². The predicted molar refractivity (Wildman–Crippen MR) is 54.2 cm³/mol. The molecule has 0 saturated heterocycles. The highest BCUT2D eigenvalue weighted by molar-refractivity contribution is 9.10. The van der Waals surface area contributed by atoms with Crippen LogP contribution in [0.25, 0.3) is 9.75 Å². The minimum atomic E-state index is 1.16. The Morgan fingerprint density at radius 1 is 1.27 bits per heavy atom. The minimum Gasteiger partial charge on any atom is -0.142 e. The van der Waals surface area contributed by atoms with E-state index in [2.05, 4.69) is 33.4 Å². The third kappa shape index (κ3) is 1.55. The first-order valence-electron chi connectivity index (χ1n) is 3.05. The minimum absolute atomic E-state index is 1.16. The van der Waals surface area contributed by atoms with Gasteiger partial charge < -0.3 is 0 Å². The first-order chi connectivity index (χ1) is 5.36. The average molecular weight is 244 g/mol. The fraction of sp³-hybridized carbons (Fsp3) is 0. The van der Waals surface area contributed by atoms with Crippen molar-refractivity contribution in [3.8, 4) is 9.75 Å². The Morgan fingerprint density at radius 2 is 2.18 bits per heavy atom. The van der Waals surface area contributed by atoms with Crippen LogP contribution in [0.5, 0.6) is 0 Å². The van der Waals surface area contributed by atoms with Gasteiger partial charge in [0.25, 0.3) is 0 Å². The molecule has 0 saturated carbocycles. The van der Waals surface area contributed by atoms with Crippen LogP contribution in [0.2, 0.25) is 0 Å². The van der Waals surface area contributed by atoms with E-state index in [9.17, 15) is 0 Å². The third-order valence-corrected chi connectivity index (χ3v) is 3.98. The second-order valence-electron chi connectivity index (χ2n) is 2.04. The molecule has 0 aliphatic rings. The van der Waals surface area contributed by atoms with Crippen LogP contribution in [-0.4, -0.2) is 0 Å². The van der Waals surface area contributed by atoms with E-state index in [1.807, 2.05) is 11.4 Å². The number of rotatable bonds is 1. The zero-order valence-corrected chi connectivity index (χ0v) is 8.72. The summed E-state index contributed by atoms with van der Waals surface area (Å²) in [5, 5.41) is 4.07. The van der Waals surface area contributed by atoms with Gasteiger partial charge in [-0.3, -0.25) is 0 Å². The summed E-state index contributed by atoms with van der Waals surface area (Å²) < 4.78 is 1.16. The van der Waals surface area contributed by atoms with E-state index in [4.69, 9.17) is 0 Å². The highest BCUT2D eigenvalue weighted by Gasteiger charge is 2.00. The van der Waals surface area contributed by atoms with Crippen LogP contribution < -0.4 is 0 Å². The van der Waals surface area contributed by atoms with Crippen LogP contribution >= 0.6 is 38.6 Å². The standard InChI is InChI=1S/C8H4BrS2/c9-6-4-8(11-5-6)7-2-1-3-10-7/h2-5H. The second-order valence-corrected chi connectivity index (χ2v) is 4.78. The molecule has 0 spiro atoms. The molecule has 11 heavy (non-hydrogen) atoms. The summed E-state index contributed by atoms with van der Waals surface area (Å²) in [4.78, 5) is 2.60. The van der Waals surface area contributed by atoms with Crippen LogP contribution in [0, 0.1) is 6.07 Å². The van der Waals surface area contributed by atoms with Crippen LogP contribution in [0.15, 0.2) is 27.4 Å². The lowest BCUT2D eigenvalue weighted by Gasteiger charge is -1.85. The molecule has 0 amide bonds. The van der Waals surface area contributed by atoms with Gasteiger partial charge in [0.15, 0.2) is 0 Å². The zero-order chi connectivity index (χ0) is 7.68. The average Bonchev–Trinajstić information content (AvgIpc) is 2.55. The Hall–Kier alpha value is -0.120. The number of hydrogen-bond donors (Lipinski definition) is 0. The molecule has 2 aromatic heterocycles. The normalized spacial score (nSPS) is 10.3.